The molecular formula is C21H25ClN6OS. The fourth-order valence-electron chi connectivity index (χ4n) is 3.50. The molecule has 30 heavy (non-hydrogen) atoms. The maximum Gasteiger partial charge on any atom is 0.246 e. The minimum Gasteiger partial charge on any atom is -0.361 e. The zero-order valence-corrected chi connectivity index (χ0v) is 18.9. The van der Waals surface area contributed by atoms with E-state index in [0.717, 1.165) is 46.9 Å². The van der Waals surface area contributed by atoms with Gasteiger partial charge in [0.2, 0.25) is 5.91 Å². The van der Waals surface area contributed by atoms with Crippen LogP contribution in [0.2, 0.25) is 5.02 Å². The smallest absolute Gasteiger partial charge is 0.246 e. The van der Waals surface area contributed by atoms with Crippen molar-refractivity contribution in [3.63, 3.8) is 0 Å². The number of halogens is 1. The van der Waals surface area contributed by atoms with E-state index in [1.54, 1.807) is 0 Å². The van der Waals surface area contributed by atoms with E-state index < -0.39 is 0 Å². The standard InChI is InChI=1S/C21H23ClN6O.H2S/c1-13-20-19(27(3)14(2)21(29)24-20)10-17(23-13)7-8-18-12-28(26-25-18)11-15-5-4-6-16(22)9-15;/h4-6,9-10,12,14H,7-8,11H2,1-3H3,(H,24,29);1H2/t14-;/m0./s1. The number of benzene rings is 1. The van der Waals surface area contributed by atoms with Gasteiger partial charge in [-0.05, 0) is 50.5 Å². The quantitative estimate of drug-likeness (QED) is 0.653. The number of likely N-dealkylation sites (N-methyl/N-ethyl adjacent to an activating group) is 1. The number of aromatic nitrogens is 4. The van der Waals surface area contributed by atoms with Gasteiger partial charge in [-0.3, -0.25) is 9.78 Å². The van der Waals surface area contributed by atoms with Crippen LogP contribution >= 0.6 is 25.1 Å². The van der Waals surface area contributed by atoms with Crippen molar-refractivity contribution in [3.8, 4) is 0 Å². The average molecular weight is 445 g/mol. The van der Waals surface area contributed by atoms with Gasteiger partial charge in [-0.15, -0.1) is 5.10 Å². The Bertz CT molecular complexity index is 1070. The number of fused-ring (bicyclic) bond motifs is 1. The van der Waals surface area contributed by atoms with Crippen molar-refractivity contribution >= 4 is 42.4 Å². The van der Waals surface area contributed by atoms with Crippen LogP contribution in [0.5, 0.6) is 0 Å². The van der Waals surface area contributed by atoms with Crippen LogP contribution in [-0.4, -0.2) is 39.0 Å². The second kappa shape index (κ2) is 9.06. The number of carbonyl (C=O) groups excluding carboxylic acids is 1. The van der Waals surface area contributed by atoms with Gasteiger partial charge in [0.05, 0.1) is 29.3 Å². The molecule has 3 aromatic rings. The third kappa shape index (κ3) is 4.60. The summed E-state index contributed by atoms with van der Waals surface area (Å²) in [4.78, 5) is 18.7. The lowest BCUT2D eigenvalue weighted by Crippen LogP contribution is -2.44. The average Bonchev–Trinajstić information content (AvgIpc) is 3.13. The Labute approximate surface area is 187 Å². The van der Waals surface area contributed by atoms with E-state index in [1.807, 2.05) is 60.9 Å². The highest BCUT2D eigenvalue weighted by Crippen LogP contribution is 2.33. The first-order valence-corrected chi connectivity index (χ1v) is 9.96. The minimum absolute atomic E-state index is 0. The first-order chi connectivity index (χ1) is 13.9. The Morgan fingerprint density at radius 3 is 2.73 bits per heavy atom. The monoisotopic (exact) mass is 444 g/mol. The molecule has 0 spiro atoms. The molecule has 1 aliphatic heterocycles. The lowest BCUT2D eigenvalue weighted by molar-refractivity contribution is -0.117. The van der Waals surface area contributed by atoms with E-state index in [-0.39, 0.29) is 25.4 Å². The van der Waals surface area contributed by atoms with Crippen molar-refractivity contribution in [2.75, 3.05) is 17.3 Å². The van der Waals surface area contributed by atoms with Crippen molar-refractivity contribution in [1.82, 2.24) is 20.0 Å². The Morgan fingerprint density at radius 1 is 1.20 bits per heavy atom. The van der Waals surface area contributed by atoms with Gasteiger partial charge in [-0.1, -0.05) is 28.9 Å². The number of nitrogens with one attached hydrogen (secondary N) is 1. The van der Waals surface area contributed by atoms with E-state index in [1.165, 1.54) is 0 Å². The predicted molar refractivity (Wildman–Crippen MR) is 124 cm³/mol. The summed E-state index contributed by atoms with van der Waals surface area (Å²) < 4.78 is 1.82. The molecule has 1 aliphatic rings. The third-order valence-corrected chi connectivity index (χ3v) is 5.51. The lowest BCUT2D eigenvalue weighted by atomic mass is 10.1. The molecule has 3 heterocycles. The van der Waals surface area contributed by atoms with Gasteiger partial charge >= 0.3 is 0 Å². The number of hydrogen-bond acceptors (Lipinski definition) is 5. The molecule has 0 aliphatic carbocycles. The Hall–Kier alpha value is -2.58. The van der Waals surface area contributed by atoms with Crippen LogP contribution in [0.1, 0.15) is 29.6 Å². The van der Waals surface area contributed by atoms with Gasteiger partial charge in [0.1, 0.15) is 6.04 Å². The molecule has 0 bridgehead atoms. The topological polar surface area (TPSA) is 75.9 Å². The number of amides is 1. The molecule has 2 aromatic heterocycles. The second-order valence-electron chi connectivity index (χ2n) is 7.41. The first-order valence-electron chi connectivity index (χ1n) is 9.58. The summed E-state index contributed by atoms with van der Waals surface area (Å²) in [5.41, 5.74) is 5.60. The number of aryl methyl sites for hydroxylation is 3. The minimum atomic E-state index is -0.205. The molecule has 4 rings (SSSR count). The summed E-state index contributed by atoms with van der Waals surface area (Å²) in [7, 11) is 1.94. The van der Waals surface area contributed by atoms with Crippen molar-refractivity contribution in [1.29, 1.82) is 0 Å². The van der Waals surface area contributed by atoms with Crippen LogP contribution in [0.4, 0.5) is 11.4 Å². The predicted octanol–water partition coefficient (Wildman–Crippen LogP) is 3.36. The lowest BCUT2D eigenvalue weighted by Gasteiger charge is -2.34. The molecule has 9 heteroatoms. The van der Waals surface area contributed by atoms with Crippen LogP contribution < -0.4 is 10.2 Å². The molecular weight excluding hydrogens is 420 g/mol. The van der Waals surface area contributed by atoms with Crippen molar-refractivity contribution in [2.45, 2.75) is 39.3 Å². The number of pyridine rings is 1. The summed E-state index contributed by atoms with van der Waals surface area (Å²) in [6, 6.07) is 9.58. The normalized spacial score (nSPS) is 15.4. The molecule has 1 amide bonds. The van der Waals surface area contributed by atoms with Crippen LogP contribution in [0.15, 0.2) is 36.5 Å². The summed E-state index contributed by atoms with van der Waals surface area (Å²) >= 11 is 6.05. The molecule has 0 saturated carbocycles. The largest absolute Gasteiger partial charge is 0.361 e. The van der Waals surface area contributed by atoms with E-state index in [9.17, 15) is 4.79 Å². The van der Waals surface area contributed by atoms with E-state index in [4.69, 9.17) is 11.6 Å². The molecule has 1 atom stereocenters. The molecule has 0 fully saturated rings. The van der Waals surface area contributed by atoms with Crippen LogP contribution in [0.3, 0.4) is 0 Å². The molecule has 0 saturated heterocycles. The highest BCUT2D eigenvalue weighted by atomic mass is 35.5. The van der Waals surface area contributed by atoms with E-state index in [0.29, 0.717) is 11.6 Å². The number of anilines is 2. The fraction of sp³-hybridized carbons (Fsp3) is 0.333. The number of rotatable bonds is 5. The number of carbonyl (C=O) groups is 1. The summed E-state index contributed by atoms with van der Waals surface area (Å²) in [5.74, 6) is -0.00559. The van der Waals surface area contributed by atoms with Gasteiger partial charge in [0.15, 0.2) is 0 Å². The highest BCUT2D eigenvalue weighted by Gasteiger charge is 2.28. The zero-order valence-electron chi connectivity index (χ0n) is 17.2. The van der Waals surface area contributed by atoms with Crippen LogP contribution in [0, 0.1) is 6.92 Å². The fourth-order valence-corrected chi connectivity index (χ4v) is 3.71. The zero-order chi connectivity index (χ0) is 20.5. The van der Waals surface area contributed by atoms with Gasteiger partial charge < -0.3 is 10.2 Å². The number of hydrogen-bond donors (Lipinski definition) is 1. The Kier molecular flexibility index (Phi) is 6.67. The van der Waals surface area contributed by atoms with E-state index >= 15 is 0 Å². The van der Waals surface area contributed by atoms with Gasteiger partial charge in [-0.2, -0.15) is 13.5 Å². The van der Waals surface area contributed by atoms with Crippen LogP contribution in [0.25, 0.3) is 0 Å². The number of nitrogens with zero attached hydrogens (tertiary/aromatic N) is 5. The maximum atomic E-state index is 12.1. The maximum absolute atomic E-state index is 12.1. The summed E-state index contributed by atoms with van der Waals surface area (Å²) in [6.07, 6.45) is 3.45. The summed E-state index contributed by atoms with van der Waals surface area (Å²) in [6.45, 7) is 4.45. The Morgan fingerprint density at radius 2 is 1.97 bits per heavy atom. The van der Waals surface area contributed by atoms with Crippen molar-refractivity contribution in [3.05, 3.63) is 64.2 Å². The molecule has 158 valence electrons. The molecule has 7 nitrogen and oxygen atoms in total. The highest BCUT2D eigenvalue weighted by molar-refractivity contribution is 7.59. The first kappa shape index (κ1) is 22.1. The SMILES string of the molecule is Cc1nc(CCc2cn(Cc3cccc(Cl)c3)nn2)cc2c1NC(=O)[C@H](C)N2C.S. The third-order valence-electron chi connectivity index (χ3n) is 5.28. The molecule has 1 N–H and O–H groups in total. The second-order valence-corrected chi connectivity index (χ2v) is 7.84. The molecule has 0 unspecified atom stereocenters. The van der Waals surface area contributed by atoms with Crippen LogP contribution in [-0.2, 0) is 24.2 Å². The molecule has 0 radical (unpaired) electrons. The van der Waals surface area contributed by atoms with E-state index in [2.05, 4.69) is 26.7 Å². The van der Waals surface area contributed by atoms with Crippen molar-refractivity contribution < 1.29 is 4.79 Å². The van der Waals surface area contributed by atoms with Gasteiger partial charge in [0, 0.05) is 24.0 Å². The van der Waals surface area contributed by atoms with Crippen molar-refractivity contribution in [2.24, 2.45) is 0 Å². The van der Waals surface area contributed by atoms with Gasteiger partial charge in [0.25, 0.3) is 0 Å². The summed E-state index contributed by atoms with van der Waals surface area (Å²) in [5, 5.41) is 12.2. The molecule has 1 aromatic carbocycles. The Balaban J connectivity index is 0.00000256. The van der Waals surface area contributed by atoms with Gasteiger partial charge in [-0.25, -0.2) is 4.68 Å².